The molecule has 0 radical (unpaired) electrons. The third-order valence-corrected chi connectivity index (χ3v) is 7.45. The van der Waals surface area contributed by atoms with Gasteiger partial charge in [-0.25, -0.2) is 19.3 Å². The lowest BCUT2D eigenvalue weighted by Gasteiger charge is -2.20. The fourth-order valence-electron chi connectivity index (χ4n) is 4.36. The number of pyridine rings is 1. The van der Waals surface area contributed by atoms with E-state index < -0.39 is 12.1 Å². The molecule has 0 unspecified atom stereocenters. The van der Waals surface area contributed by atoms with Crippen LogP contribution in [0.1, 0.15) is 31.9 Å². The number of nitrogens with one attached hydrogen (secondary N) is 3. The monoisotopic (exact) mass is 622 g/mol. The zero-order valence-electron chi connectivity index (χ0n) is 25.4. The topological polar surface area (TPSA) is 119 Å². The van der Waals surface area contributed by atoms with E-state index in [0.717, 1.165) is 16.1 Å². The molecule has 3 N–H and O–H groups in total. The number of carbonyl (C=O) groups is 2. The molecule has 0 aliphatic heterocycles. The molecule has 0 aliphatic rings. The average molecular weight is 623 g/mol. The Morgan fingerprint density at radius 1 is 0.844 bits per heavy atom. The van der Waals surface area contributed by atoms with Crippen molar-refractivity contribution in [2.45, 2.75) is 37.7 Å². The molecule has 5 rings (SSSR count). The van der Waals surface area contributed by atoms with Crippen LogP contribution >= 0.6 is 11.8 Å². The van der Waals surface area contributed by atoms with Crippen LogP contribution in [0.5, 0.6) is 11.5 Å². The lowest BCUT2D eigenvalue weighted by atomic mass is 9.87. The standard InChI is InChI=1S/C34H34N6O4S/c1-34(2,3)24-11-8-12-25(19-24)40-31(16-18-36-40)39-32(41)37-28-14-13-26(20-29(28)45-4)44-27-15-17-35-30(21-27)38-33(42)43-22-23-9-6-5-7-10-23/h5-21H,22H2,1-4H3,(H,35,38,42)(H2,37,39,41). The zero-order valence-corrected chi connectivity index (χ0v) is 26.2. The highest BCUT2D eigenvalue weighted by Gasteiger charge is 2.16. The number of rotatable bonds is 9. The van der Waals surface area contributed by atoms with E-state index >= 15 is 0 Å². The van der Waals surface area contributed by atoms with Crippen molar-refractivity contribution in [1.82, 2.24) is 14.8 Å². The second kappa shape index (κ2) is 14.0. The van der Waals surface area contributed by atoms with Crippen LogP contribution in [0.4, 0.5) is 26.9 Å². The van der Waals surface area contributed by atoms with E-state index in [-0.39, 0.29) is 17.8 Å². The first-order valence-corrected chi connectivity index (χ1v) is 15.4. The van der Waals surface area contributed by atoms with Crippen LogP contribution in [0.25, 0.3) is 5.69 Å². The Bertz CT molecular complexity index is 1790. The number of anilines is 3. The van der Waals surface area contributed by atoms with Crippen LogP contribution in [0.2, 0.25) is 0 Å². The number of ether oxygens (including phenoxy) is 2. The molecule has 0 atom stereocenters. The summed E-state index contributed by atoms with van der Waals surface area (Å²) in [6.45, 7) is 6.60. The summed E-state index contributed by atoms with van der Waals surface area (Å²) >= 11 is 1.46. The highest BCUT2D eigenvalue weighted by molar-refractivity contribution is 7.98. The summed E-state index contributed by atoms with van der Waals surface area (Å²) < 4.78 is 13.0. The molecule has 45 heavy (non-hydrogen) atoms. The maximum absolute atomic E-state index is 13.0. The first kappa shape index (κ1) is 31.1. The molecule has 10 nitrogen and oxygen atoms in total. The summed E-state index contributed by atoms with van der Waals surface area (Å²) in [6, 6.07) is 27.5. The molecule has 0 saturated heterocycles. The number of hydrogen-bond acceptors (Lipinski definition) is 7. The molecule has 2 heterocycles. The average Bonchev–Trinajstić information content (AvgIpc) is 3.49. The molecule has 0 saturated carbocycles. The largest absolute Gasteiger partial charge is 0.457 e. The van der Waals surface area contributed by atoms with Crippen LogP contribution in [-0.4, -0.2) is 33.1 Å². The van der Waals surface area contributed by atoms with Gasteiger partial charge in [0.25, 0.3) is 0 Å². The van der Waals surface area contributed by atoms with Crippen LogP contribution in [-0.2, 0) is 16.8 Å². The van der Waals surface area contributed by atoms with Crippen molar-refractivity contribution in [1.29, 1.82) is 0 Å². The van der Waals surface area contributed by atoms with Crippen molar-refractivity contribution in [3.63, 3.8) is 0 Å². The number of hydrogen-bond donors (Lipinski definition) is 3. The predicted molar refractivity (Wildman–Crippen MR) is 178 cm³/mol. The number of urea groups is 1. The molecule has 0 aliphatic carbocycles. The fraction of sp³-hybridized carbons (Fsp3) is 0.176. The Kier molecular flexibility index (Phi) is 9.69. The van der Waals surface area contributed by atoms with Gasteiger partial charge in [-0.2, -0.15) is 5.10 Å². The van der Waals surface area contributed by atoms with Crippen LogP contribution in [0.3, 0.4) is 0 Å². The van der Waals surface area contributed by atoms with Gasteiger partial charge in [-0.05, 0) is 59.2 Å². The van der Waals surface area contributed by atoms with Crippen LogP contribution in [0, 0.1) is 0 Å². The van der Waals surface area contributed by atoms with Gasteiger partial charge in [0, 0.05) is 23.2 Å². The van der Waals surface area contributed by atoms with E-state index in [1.54, 1.807) is 41.2 Å². The molecule has 2 aromatic heterocycles. The first-order valence-electron chi connectivity index (χ1n) is 14.2. The van der Waals surface area contributed by atoms with Gasteiger partial charge in [0.05, 0.1) is 17.6 Å². The Labute approximate surface area is 266 Å². The summed E-state index contributed by atoms with van der Waals surface area (Å²) in [4.78, 5) is 30.2. The summed E-state index contributed by atoms with van der Waals surface area (Å²) in [7, 11) is 0. The molecular formula is C34H34N6O4S. The van der Waals surface area contributed by atoms with Gasteiger partial charge in [0.15, 0.2) is 0 Å². The van der Waals surface area contributed by atoms with Gasteiger partial charge in [-0.15, -0.1) is 11.8 Å². The van der Waals surface area contributed by atoms with E-state index in [1.165, 1.54) is 23.5 Å². The van der Waals surface area contributed by atoms with Gasteiger partial charge in [-0.1, -0.05) is 63.2 Å². The molecule has 3 amide bonds. The van der Waals surface area contributed by atoms with Crippen molar-refractivity contribution in [2.75, 3.05) is 22.2 Å². The summed E-state index contributed by atoms with van der Waals surface area (Å²) in [5.74, 6) is 1.84. The number of benzene rings is 3. The highest BCUT2D eigenvalue weighted by atomic mass is 32.2. The number of nitrogens with zero attached hydrogens (tertiary/aromatic N) is 3. The lowest BCUT2D eigenvalue weighted by Crippen LogP contribution is -2.21. The first-order chi connectivity index (χ1) is 21.7. The summed E-state index contributed by atoms with van der Waals surface area (Å²) in [6.07, 6.45) is 4.46. The minimum atomic E-state index is -0.622. The molecule has 0 bridgehead atoms. The van der Waals surface area contributed by atoms with Gasteiger partial charge in [0.2, 0.25) is 0 Å². The highest BCUT2D eigenvalue weighted by Crippen LogP contribution is 2.33. The zero-order chi connectivity index (χ0) is 31.8. The Morgan fingerprint density at radius 2 is 1.64 bits per heavy atom. The smallest absolute Gasteiger partial charge is 0.413 e. The SMILES string of the molecule is CSc1cc(Oc2ccnc(NC(=O)OCc3ccccc3)c2)ccc1NC(=O)Nc1ccnn1-c1cccc(C(C)(C)C)c1. The maximum atomic E-state index is 13.0. The second-order valence-electron chi connectivity index (χ2n) is 11.0. The van der Waals surface area contributed by atoms with E-state index in [1.807, 2.05) is 54.8 Å². The van der Waals surface area contributed by atoms with E-state index in [2.05, 4.69) is 58.9 Å². The van der Waals surface area contributed by atoms with Gasteiger partial charge < -0.3 is 14.8 Å². The van der Waals surface area contributed by atoms with Crippen LogP contribution < -0.4 is 20.7 Å². The molecular weight excluding hydrogens is 588 g/mol. The second-order valence-corrected chi connectivity index (χ2v) is 11.9. The maximum Gasteiger partial charge on any atom is 0.413 e. The molecule has 3 aromatic carbocycles. The molecule has 0 spiro atoms. The minimum absolute atomic E-state index is 0.0224. The van der Waals surface area contributed by atoms with E-state index in [4.69, 9.17) is 9.47 Å². The van der Waals surface area contributed by atoms with Gasteiger partial charge in [-0.3, -0.25) is 10.6 Å². The number of thioether (sulfide) groups is 1. The summed E-state index contributed by atoms with van der Waals surface area (Å²) in [5, 5.41) is 12.9. The normalized spacial score (nSPS) is 11.0. The molecule has 0 fully saturated rings. The molecule has 230 valence electrons. The summed E-state index contributed by atoms with van der Waals surface area (Å²) in [5.41, 5.74) is 3.49. The predicted octanol–water partition coefficient (Wildman–Crippen LogP) is 8.47. The molecule has 11 heteroatoms. The lowest BCUT2D eigenvalue weighted by molar-refractivity contribution is 0.155. The minimum Gasteiger partial charge on any atom is -0.457 e. The van der Waals surface area contributed by atoms with Crippen LogP contribution in [0.15, 0.2) is 108 Å². The third-order valence-electron chi connectivity index (χ3n) is 6.67. The molecule has 5 aromatic rings. The quantitative estimate of drug-likeness (QED) is 0.141. The third kappa shape index (κ3) is 8.42. The number of aromatic nitrogens is 3. The Hall–Kier alpha value is -5.29. The van der Waals surface area contributed by atoms with Crippen molar-refractivity contribution in [3.05, 3.63) is 115 Å². The Balaban J connectivity index is 1.21. The number of amides is 3. The van der Waals surface area contributed by atoms with Gasteiger partial charge >= 0.3 is 12.1 Å². The van der Waals surface area contributed by atoms with Crippen molar-refractivity contribution < 1.29 is 19.1 Å². The van der Waals surface area contributed by atoms with Crippen molar-refractivity contribution in [2.24, 2.45) is 0 Å². The van der Waals surface area contributed by atoms with E-state index in [0.29, 0.717) is 23.0 Å². The van der Waals surface area contributed by atoms with Gasteiger partial charge in [0.1, 0.15) is 29.7 Å². The number of carbonyl (C=O) groups excluding carboxylic acids is 2. The Morgan fingerprint density at radius 3 is 2.42 bits per heavy atom. The van der Waals surface area contributed by atoms with Crippen molar-refractivity contribution in [3.8, 4) is 17.2 Å². The fourth-order valence-corrected chi connectivity index (χ4v) is 4.93. The van der Waals surface area contributed by atoms with Crippen molar-refractivity contribution >= 4 is 41.2 Å². The van der Waals surface area contributed by atoms with E-state index in [9.17, 15) is 9.59 Å².